The molecule has 1 aliphatic heterocycles. The maximum atomic E-state index is 13.0. The Bertz CT molecular complexity index is 1450. The fraction of sp³-hybridized carbons (Fsp3) is 0.259. The average Bonchev–Trinajstić information content (AvgIpc) is 3.52. The number of rotatable bonds is 8. The van der Waals surface area contributed by atoms with E-state index in [0.29, 0.717) is 34.5 Å². The molecule has 0 bridgehead atoms. The fourth-order valence-electron chi connectivity index (χ4n) is 4.65. The van der Waals surface area contributed by atoms with Gasteiger partial charge in [-0.05, 0) is 37.4 Å². The molecule has 0 aliphatic carbocycles. The Hall–Kier alpha value is -3.55. The van der Waals surface area contributed by atoms with E-state index < -0.39 is 11.8 Å². The van der Waals surface area contributed by atoms with Crippen molar-refractivity contribution in [3.8, 4) is 5.75 Å². The number of imide groups is 1. The molecule has 0 fully saturated rings. The summed E-state index contributed by atoms with van der Waals surface area (Å²) in [7, 11) is 1.93. The van der Waals surface area contributed by atoms with Crippen LogP contribution in [0.25, 0.3) is 33.0 Å². The summed E-state index contributed by atoms with van der Waals surface area (Å²) in [6.07, 6.45) is 3.48. The molecule has 4 aromatic rings. The van der Waals surface area contributed by atoms with E-state index in [0.717, 1.165) is 41.7 Å². The standard InChI is InChI=1S/C27H27N3O4.ClH/c1-4-30(5-2)12-14-33-18-9-10-22-20(15-18)21(16-29(22)3)24-23(26(31)28-27(24)32)19-8-6-7-17-11-13-34-25(17)19;/h6-11,13,15-16H,4-5,12,14H2,1-3H3,(H,28,31,32);1H. The maximum Gasteiger partial charge on any atom is 0.259 e. The number of likely N-dealkylation sites (N-methyl/N-ethyl adjacent to an activating group) is 1. The smallest absolute Gasteiger partial charge is 0.259 e. The summed E-state index contributed by atoms with van der Waals surface area (Å²) in [5.41, 5.74) is 3.49. The van der Waals surface area contributed by atoms with Crippen LogP contribution in [0.15, 0.2) is 59.3 Å². The lowest BCUT2D eigenvalue weighted by Gasteiger charge is -2.18. The Morgan fingerprint density at radius 1 is 1.00 bits per heavy atom. The highest BCUT2D eigenvalue weighted by molar-refractivity contribution is 6.50. The summed E-state index contributed by atoms with van der Waals surface area (Å²) in [6, 6.07) is 13.3. The molecule has 2 amide bonds. The lowest BCUT2D eigenvalue weighted by Crippen LogP contribution is -2.27. The highest BCUT2D eigenvalue weighted by atomic mass is 35.5. The number of ether oxygens (including phenoxy) is 1. The van der Waals surface area contributed by atoms with Gasteiger partial charge in [-0.25, -0.2) is 0 Å². The van der Waals surface area contributed by atoms with Gasteiger partial charge in [0, 0.05) is 47.2 Å². The number of amides is 2. The number of carbonyl (C=O) groups excluding carboxylic acids is 2. The number of nitrogens with zero attached hydrogens (tertiary/aromatic N) is 2. The Morgan fingerprint density at radius 3 is 2.49 bits per heavy atom. The molecular formula is C27H28ClN3O4. The van der Waals surface area contributed by atoms with Gasteiger partial charge in [-0.15, -0.1) is 12.4 Å². The van der Waals surface area contributed by atoms with Crippen molar-refractivity contribution >= 4 is 57.2 Å². The molecule has 182 valence electrons. The van der Waals surface area contributed by atoms with Crippen LogP contribution in [0.1, 0.15) is 25.0 Å². The second-order valence-electron chi connectivity index (χ2n) is 8.39. The monoisotopic (exact) mass is 493 g/mol. The number of benzene rings is 2. The van der Waals surface area contributed by atoms with Crippen LogP contribution in [0.5, 0.6) is 5.75 Å². The van der Waals surface area contributed by atoms with Crippen LogP contribution < -0.4 is 10.1 Å². The predicted molar refractivity (Wildman–Crippen MR) is 140 cm³/mol. The zero-order valence-electron chi connectivity index (χ0n) is 20.0. The van der Waals surface area contributed by atoms with E-state index in [1.54, 1.807) is 6.26 Å². The summed E-state index contributed by atoms with van der Waals surface area (Å²) >= 11 is 0. The van der Waals surface area contributed by atoms with E-state index in [9.17, 15) is 9.59 Å². The van der Waals surface area contributed by atoms with Crippen molar-refractivity contribution in [2.75, 3.05) is 26.2 Å². The Morgan fingerprint density at radius 2 is 1.74 bits per heavy atom. The minimum atomic E-state index is -0.424. The van der Waals surface area contributed by atoms with Crippen molar-refractivity contribution in [3.63, 3.8) is 0 Å². The number of hydrogen-bond donors (Lipinski definition) is 1. The van der Waals surface area contributed by atoms with Crippen molar-refractivity contribution < 1.29 is 18.7 Å². The Kier molecular flexibility index (Phi) is 7.00. The molecule has 0 unspecified atom stereocenters. The normalized spacial score (nSPS) is 13.7. The van der Waals surface area contributed by atoms with Crippen LogP contribution in [-0.2, 0) is 16.6 Å². The molecule has 0 saturated heterocycles. The van der Waals surface area contributed by atoms with Gasteiger partial charge in [-0.3, -0.25) is 14.9 Å². The van der Waals surface area contributed by atoms with Crippen molar-refractivity contribution in [3.05, 3.63) is 66.1 Å². The zero-order chi connectivity index (χ0) is 23.8. The van der Waals surface area contributed by atoms with E-state index in [-0.39, 0.29) is 12.4 Å². The highest BCUT2D eigenvalue weighted by Gasteiger charge is 2.35. The zero-order valence-corrected chi connectivity index (χ0v) is 20.8. The van der Waals surface area contributed by atoms with Crippen LogP contribution in [0.4, 0.5) is 0 Å². The lowest BCUT2D eigenvalue weighted by atomic mass is 9.95. The molecule has 0 saturated carbocycles. The van der Waals surface area contributed by atoms with Gasteiger partial charge in [0.15, 0.2) is 0 Å². The number of aryl methyl sites for hydroxylation is 1. The van der Waals surface area contributed by atoms with Gasteiger partial charge < -0.3 is 18.6 Å². The van der Waals surface area contributed by atoms with Gasteiger partial charge in [0.25, 0.3) is 11.8 Å². The SMILES string of the molecule is CCN(CC)CCOc1ccc2c(c1)c(C1=C(c3cccc4ccoc34)C(=O)NC1=O)cn2C.Cl. The van der Waals surface area contributed by atoms with Gasteiger partial charge in [-0.2, -0.15) is 0 Å². The first kappa shape index (κ1) is 24.6. The van der Waals surface area contributed by atoms with E-state index in [2.05, 4.69) is 24.1 Å². The molecule has 0 spiro atoms. The highest BCUT2D eigenvalue weighted by Crippen LogP contribution is 2.39. The van der Waals surface area contributed by atoms with Crippen LogP contribution in [0.2, 0.25) is 0 Å². The van der Waals surface area contributed by atoms with Crippen molar-refractivity contribution in [2.24, 2.45) is 7.05 Å². The first-order valence-electron chi connectivity index (χ1n) is 11.5. The van der Waals surface area contributed by atoms with Crippen molar-refractivity contribution in [1.29, 1.82) is 0 Å². The molecular weight excluding hydrogens is 466 g/mol. The van der Waals surface area contributed by atoms with E-state index in [1.165, 1.54) is 0 Å². The van der Waals surface area contributed by atoms with Crippen molar-refractivity contribution in [1.82, 2.24) is 14.8 Å². The fourth-order valence-corrected chi connectivity index (χ4v) is 4.65. The predicted octanol–water partition coefficient (Wildman–Crippen LogP) is 4.63. The third-order valence-electron chi connectivity index (χ3n) is 6.48. The van der Waals surface area contributed by atoms with E-state index >= 15 is 0 Å². The summed E-state index contributed by atoms with van der Waals surface area (Å²) in [4.78, 5) is 28.3. The summed E-state index contributed by atoms with van der Waals surface area (Å²) in [6.45, 7) is 7.63. The number of nitrogens with one attached hydrogen (secondary N) is 1. The molecule has 8 heteroatoms. The maximum absolute atomic E-state index is 13.0. The Balaban J connectivity index is 0.00000289. The quantitative estimate of drug-likeness (QED) is 0.362. The molecule has 0 radical (unpaired) electrons. The van der Waals surface area contributed by atoms with Crippen LogP contribution in [-0.4, -0.2) is 47.5 Å². The third-order valence-corrected chi connectivity index (χ3v) is 6.48. The number of carbonyl (C=O) groups is 2. The molecule has 5 rings (SSSR count). The lowest BCUT2D eigenvalue weighted by molar-refractivity contribution is -0.122. The van der Waals surface area contributed by atoms with Crippen LogP contribution in [0, 0.1) is 0 Å². The number of furan rings is 1. The van der Waals surface area contributed by atoms with E-state index in [1.807, 2.05) is 60.3 Å². The second-order valence-corrected chi connectivity index (χ2v) is 8.39. The molecule has 1 aliphatic rings. The number of para-hydroxylation sites is 1. The first-order chi connectivity index (χ1) is 16.5. The number of fused-ring (bicyclic) bond motifs is 2. The molecule has 35 heavy (non-hydrogen) atoms. The topological polar surface area (TPSA) is 76.7 Å². The minimum absolute atomic E-state index is 0. The van der Waals surface area contributed by atoms with Gasteiger partial charge in [0.2, 0.25) is 0 Å². The molecule has 0 atom stereocenters. The van der Waals surface area contributed by atoms with Gasteiger partial charge >= 0.3 is 0 Å². The summed E-state index contributed by atoms with van der Waals surface area (Å²) < 4.78 is 13.7. The van der Waals surface area contributed by atoms with Gasteiger partial charge in [0.1, 0.15) is 17.9 Å². The van der Waals surface area contributed by atoms with Crippen molar-refractivity contribution in [2.45, 2.75) is 13.8 Å². The molecule has 3 heterocycles. The van der Waals surface area contributed by atoms with Crippen LogP contribution in [0.3, 0.4) is 0 Å². The Labute approximate surface area is 209 Å². The second kappa shape index (κ2) is 9.98. The summed E-state index contributed by atoms with van der Waals surface area (Å²) in [5.74, 6) is -0.108. The molecule has 1 N–H and O–H groups in total. The largest absolute Gasteiger partial charge is 0.492 e. The summed E-state index contributed by atoms with van der Waals surface area (Å²) in [5, 5.41) is 4.21. The minimum Gasteiger partial charge on any atom is -0.492 e. The average molecular weight is 494 g/mol. The number of halogens is 1. The molecule has 2 aromatic carbocycles. The molecule has 2 aromatic heterocycles. The molecule has 7 nitrogen and oxygen atoms in total. The van der Waals surface area contributed by atoms with E-state index in [4.69, 9.17) is 9.15 Å². The third kappa shape index (κ3) is 4.33. The van der Waals surface area contributed by atoms with Gasteiger partial charge in [0.05, 0.1) is 17.4 Å². The number of aromatic nitrogens is 1. The number of hydrogen-bond acceptors (Lipinski definition) is 5. The van der Waals surface area contributed by atoms with Crippen LogP contribution >= 0.6 is 12.4 Å². The first-order valence-corrected chi connectivity index (χ1v) is 11.5. The van der Waals surface area contributed by atoms with Gasteiger partial charge in [-0.1, -0.05) is 32.0 Å².